The van der Waals surface area contributed by atoms with Gasteiger partial charge in [-0.3, -0.25) is 0 Å². The molecule has 0 atom stereocenters. The summed E-state index contributed by atoms with van der Waals surface area (Å²) in [6.07, 6.45) is 68.5. The molecule has 0 unspecified atom stereocenters. The van der Waals surface area contributed by atoms with E-state index in [1.165, 1.54) is 50.0 Å². The van der Waals surface area contributed by atoms with Crippen LogP contribution in [0.15, 0.2) is 276 Å². The first kappa shape index (κ1) is 61.5. The van der Waals surface area contributed by atoms with Gasteiger partial charge in [-0.15, -0.1) is 0 Å². The third-order valence-corrected chi connectivity index (χ3v) is 15.3. The van der Waals surface area contributed by atoms with Crippen molar-refractivity contribution in [2.45, 2.75) is 101 Å². The van der Waals surface area contributed by atoms with Crippen LogP contribution in [0.2, 0.25) is 0 Å². The van der Waals surface area contributed by atoms with E-state index in [9.17, 15) is 0 Å². The van der Waals surface area contributed by atoms with E-state index in [1.807, 2.05) is 44.2 Å². The van der Waals surface area contributed by atoms with E-state index < -0.39 is 0 Å². The summed E-state index contributed by atoms with van der Waals surface area (Å²) in [6.45, 7) is 53.8. The maximum Gasteiger partial charge on any atom is 0.0575 e. The smallest absolute Gasteiger partial charge is 0.0575 e. The molecular weight excluding hydrogens is 977 g/mol. The normalized spacial score (nSPS) is 24.0. The third-order valence-electron chi connectivity index (χ3n) is 15.3. The Morgan fingerprint density at radius 3 is 1.79 bits per heavy atom. The van der Waals surface area contributed by atoms with Gasteiger partial charge in [0, 0.05) is 38.5 Å². The molecule has 1 aromatic carbocycles. The van der Waals surface area contributed by atoms with Crippen LogP contribution in [-0.4, -0.2) is 9.13 Å². The van der Waals surface area contributed by atoms with E-state index in [2.05, 4.69) is 248 Å². The predicted octanol–water partition coefficient (Wildman–Crippen LogP) is 20.7. The first-order chi connectivity index (χ1) is 39.2. The second kappa shape index (κ2) is 29.5. The van der Waals surface area contributed by atoms with Gasteiger partial charge in [0.1, 0.15) is 0 Å². The molecule has 0 N–H and O–H groups in total. The lowest BCUT2D eigenvalue weighted by Gasteiger charge is -2.22. The summed E-state index contributed by atoms with van der Waals surface area (Å²) >= 11 is 0. The Balaban J connectivity index is 1.63. The molecule has 0 saturated heterocycles. The van der Waals surface area contributed by atoms with Crippen LogP contribution in [0.4, 0.5) is 0 Å². The summed E-state index contributed by atoms with van der Waals surface area (Å²) in [4.78, 5) is 0. The lowest BCUT2D eigenvalue weighted by molar-refractivity contribution is 0.844. The first-order valence-electron chi connectivity index (χ1n) is 28.6. The van der Waals surface area contributed by atoms with Gasteiger partial charge in [-0.2, -0.15) is 0 Å². The molecule has 2 bridgehead atoms. The molecule has 81 heavy (non-hydrogen) atoms. The lowest BCUT2D eigenvalue weighted by atomic mass is 9.82. The molecular formula is C79H86N2. The quantitative estimate of drug-likeness (QED) is 0.134. The Labute approximate surface area is 487 Å². The lowest BCUT2D eigenvalue weighted by Crippen LogP contribution is -2.27. The Hall–Kier alpha value is -8.72. The van der Waals surface area contributed by atoms with E-state index in [1.54, 1.807) is 0 Å². The van der Waals surface area contributed by atoms with Gasteiger partial charge in [0.2, 0.25) is 0 Å². The summed E-state index contributed by atoms with van der Waals surface area (Å²) in [6, 6.07) is 4.68. The summed E-state index contributed by atoms with van der Waals surface area (Å²) in [5, 5.41) is 3.00. The van der Waals surface area contributed by atoms with Crippen molar-refractivity contribution in [2.75, 3.05) is 0 Å². The van der Waals surface area contributed by atoms with Crippen molar-refractivity contribution in [2.24, 2.45) is 0 Å². The van der Waals surface area contributed by atoms with Gasteiger partial charge < -0.3 is 9.13 Å². The fraction of sp³-hybridized carbons (Fsp3) is 0.190. The average Bonchev–Trinajstić information content (AvgIpc) is 3.95. The second-order valence-corrected chi connectivity index (χ2v) is 20.4. The number of aromatic nitrogens is 2. The minimum absolute atomic E-state index is 0.722. The molecule has 6 rings (SSSR count). The van der Waals surface area contributed by atoms with Gasteiger partial charge >= 0.3 is 0 Å². The number of aryl methyl sites for hydroxylation is 2. The number of allylic oxidation sites excluding steroid dienone is 40. The van der Waals surface area contributed by atoms with Crippen LogP contribution >= 0.6 is 0 Å². The van der Waals surface area contributed by atoms with Crippen molar-refractivity contribution in [3.8, 4) is 0 Å². The Morgan fingerprint density at radius 1 is 0.580 bits per heavy atom. The van der Waals surface area contributed by atoms with Crippen LogP contribution in [-0.2, 0) is 12.8 Å². The van der Waals surface area contributed by atoms with Crippen LogP contribution in [0, 0.1) is 0 Å². The fourth-order valence-corrected chi connectivity index (χ4v) is 11.1. The second-order valence-electron chi connectivity index (χ2n) is 20.4. The van der Waals surface area contributed by atoms with Crippen molar-refractivity contribution in [1.82, 2.24) is 9.13 Å². The van der Waals surface area contributed by atoms with Crippen molar-refractivity contribution >= 4 is 59.3 Å². The van der Waals surface area contributed by atoms with Crippen molar-refractivity contribution < 1.29 is 0 Å². The minimum Gasteiger partial charge on any atom is -0.310 e. The Morgan fingerprint density at radius 2 is 1.19 bits per heavy atom. The molecule has 3 aliphatic rings. The molecule has 0 fully saturated rings. The van der Waals surface area contributed by atoms with E-state index in [0.29, 0.717) is 0 Å². The molecule has 3 heterocycles. The van der Waals surface area contributed by atoms with Crippen LogP contribution in [0.25, 0.3) is 59.3 Å². The Kier molecular flexibility index (Phi) is 22.4. The maximum absolute atomic E-state index is 4.86. The van der Waals surface area contributed by atoms with Crippen LogP contribution < -0.4 is 10.6 Å². The monoisotopic (exact) mass is 1060 g/mol. The molecule has 2 aliphatic carbocycles. The predicted molar refractivity (Wildman–Crippen MR) is 365 cm³/mol. The molecule has 2 aromatic heterocycles. The highest BCUT2D eigenvalue weighted by Gasteiger charge is 2.24. The molecule has 0 spiro atoms. The Bertz CT molecular complexity index is 3790. The summed E-state index contributed by atoms with van der Waals surface area (Å²) < 4.78 is 4.45. The SMILES string of the molecule is C=C/C1=C(C)/C=C(\C=C/C=C\C)C(/C=C\C=C/C)=C(\C)C(=C)\C1=C/c1c(C=C)n2c(=C)/c1=C\C=C/CCCc1ccc(CC)c3c(\C=C4/C\C=C(\C=C/C=C\C)C(/C)=C(/C=C\C=C/C)C(\C)=C4\C=C/C)c(C=C)n(c13)C(=C)/C=C\C2=C. The molecule has 2 heteroatoms. The van der Waals surface area contributed by atoms with Crippen molar-refractivity contribution in [1.29, 1.82) is 0 Å². The molecule has 412 valence electrons. The zero-order valence-electron chi connectivity index (χ0n) is 50.4. The topological polar surface area (TPSA) is 9.86 Å². The molecule has 0 amide bonds. The average molecular weight is 1060 g/mol. The summed E-state index contributed by atoms with van der Waals surface area (Å²) in [5.41, 5.74) is 23.7. The summed E-state index contributed by atoms with van der Waals surface area (Å²) in [7, 11) is 0. The zero-order chi connectivity index (χ0) is 58.8. The zero-order valence-corrected chi connectivity index (χ0v) is 50.4. The number of hydrogen-bond donors (Lipinski definition) is 0. The van der Waals surface area contributed by atoms with Gasteiger partial charge in [-0.25, -0.2) is 0 Å². The maximum atomic E-state index is 4.86. The highest BCUT2D eigenvalue weighted by atomic mass is 15.0. The largest absolute Gasteiger partial charge is 0.310 e. The van der Waals surface area contributed by atoms with Crippen LogP contribution in [0.1, 0.15) is 122 Å². The molecule has 3 aromatic rings. The van der Waals surface area contributed by atoms with E-state index in [0.717, 1.165) is 121 Å². The van der Waals surface area contributed by atoms with Crippen molar-refractivity contribution in [3.63, 3.8) is 0 Å². The van der Waals surface area contributed by atoms with Gasteiger partial charge in [-0.1, -0.05) is 211 Å². The number of fused-ring (bicyclic) bond motifs is 2. The van der Waals surface area contributed by atoms with E-state index >= 15 is 0 Å². The fourth-order valence-electron chi connectivity index (χ4n) is 11.1. The van der Waals surface area contributed by atoms with Gasteiger partial charge in [0.25, 0.3) is 0 Å². The third kappa shape index (κ3) is 13.7. The van der Waals surface area contributed by atoms with Gasteiger partial charge in [0.05, 0.1) is 16.9 Å². The molecule has 2 nitrogen and oxygen atoms in total. The number of nitrogens with zero attached hydrogens (tertiary/aromatic N) is 2. The molecule has 0 saturated carbocycles. The molecule has 0 radical (unpaired) electrons. The van der Waals surface area contributed by atoms with Crippen LogP contribution in [0.3, 0.4) is 0 Å². The highest BCUT2D eigenvalue weighted by Crippen LogP contribution is 2.41. The number of hydrogen-bond acceptors (Lipinski definition) is 0. The standard InChI is InChI=1S/C79H86N2/c1-18-27-33-40-64-49-51-67(70(39-22-5)61(16)69(60(64)15)43-35-29-20-3)53-75-77(26-9)81-57(12)47-46-56(11)80-62(17)72(45-38-32-31-37-41-65-50-48-63(23-6)78(75)79(65)81)74(76(80)25-8)54-73-59(14)58(13)71(44-36-30-21-4)66(42-34-28-19-2)52-55(10)68(73)24-7/h18-22,24-30,32-36,38-40,42-50,52-54H,7-9,11-12,14,17,23,31,37,41,51H2,1-6,10,13,15-16H3/b27-18-,28-19-,29-20-,30-21-,38-32-,39-22-,40-33-,42-34-,43-35-,44-36-,47-46-,64-49-,66-52+,67-53+,68-55-,69-60-,70-61-,71-58+,72-45+,73-54+. The van der Waals surface area contributed by atoms with E-state index in [-0.39, 0.29) is 0 Å². The number of benzene rings is 1. The first-order valence-corrected chi connectivity index (χ1v) is 28.6. The highest BCUT2D eigenvalue weighted by molar-refractivity contribution is 6.01. The van der Waals surface area contributed by atoms with Gasteiger partial charge in [-0.05, 0) is 214 Å². The number of rotatable bonds is 15. The molecule has 1 aliphatic heterocycles. The summed E-state index contributed by atoms with van der Waals surface area (Å²) in [5.74, 6) is 0. The minimum atomic E-state index is 0.722. The van der Waals surface area contributed by atoms with Crippen molar-refractivity contribution in [3.05, 3.63) is 320 Å². The van der Waals surface area contributed by atoms with Crippen LogP contribution in [0.5, 0.6) is 0 Å². The van der Waals surface area contributed by atoms with Gasteiger partial charge in [0.15, 0.2) is 0 Å². The van der Waals surface area contributed by atoms with E-state index in [4.69, 9.17) is 26.3 Å².